The molecular formula is C26H16Cl3N3OS. The molecule has 0 aliphatic rings. The molecule has 0 atom stereocenters. The van der Waals surface area contributed by atoms with E-state index in [1.165, 1.54) is 11.8 Å². The molecule has 0 spiro atoms. The smallest absolute Gasteiger partial charge is 0.234 e. The van der Waals surface area contributed by atoms with E-state index in [1.807, 2.05) is 36.4 Å². The van der Waals surface area contributed by atoms with Crippen LogP contribution in [0.15, 0.2) is 83.9 Å². The van der Waals surface area contributed by atoms with Gasteiger partial charge in [-0.1, -0.05) is 89.0 Å². The summed E-state index contributed by atoms with van der Waals surface area (Å²) in [5.41, 5.74) is 3.68. The van der Waals surface area contributed by atoms with Crippen LogP contribution in [-0.2, 0) is 4.79 Å². The van der Waals surface area contributed by atoms with Crippen molar-refractivity contribution >= 4 is 58.2 Å². The number of nitrogens with zero attached hydrogens (tertiary/aromatic N) is 2. The van der Waals surface area contributed by atoms with Crippen LogP contribution < -0.4 is 5.32 Å². The number of anilines is 1. The Morgan fingerprint density at radius 1 is 0.912 bits per heavy atom. The van der Waals surface area contributed by atoms with E-state index in [1.54, 1.807) is 42.5 Å². The highest BCUT2D eigenvalue weighted by Gasteiger charge is 2.18. The maximum atomic E-state index is 12.6. The summed E-state index contributed by atoms with van der Waals surface area (Å²) in [6, 6.07) is 25.6. The standard InChI is InChI=1S/C26H16Cl3N3OS/c27-17-11-9-16(10-12-17)24-13-19(18-5-1-2-6-21(18)28)20(14-30)26(32-24)34-15-25(33)31-23-8-4-3-7-22(23)29/h1-13H,15H2,(H,31,33). The van der Waals surface area contributed by atoms with Crippen molar-refractivity contribution in [2.45, 2.75) is 5.03 Å². The summed E-state index contributed by atoms with van der Waals surface area (Å²) in [5, 5.41) is 14.8. The van der Waals surface area contributed by atoms with Crippen molar-refractivity contribution in [3.8, 4) is 28.5 Å². The number of aromatic nitrogens is 1. The van der Waals surface area contributed by atoms with Crippen LogP contribution in [0.1, 0.15) is 5.56 Å². The van der Waals surface area contributed by atoms with Crippen LogP contribution in [0.3, 0.4) is 0 Å². The van der Waals surface area contributed by atoms with Crippen LogP contribution >= 0.6 is 46.6 Å². The first-order valence-corrected chi connectivity index (χ1v) is 12.2. The van der Waals surface area contributed by atoms with Gasteiger partial charge in [0.2, 0.25) is 5.91 Å². The highest BCUT2D eigenvalue weighted by Crippen LogP contribution is 2.37. The van der Waals surface area contributed by atoms with E-state index in [2.05, 4.69) is 11.4 Å². The van der Waals surface area contributed by atoms with Crippen LogP contribution in [0.25, 0.3) is 22.4 Å². The maximum Gasteiger partial charge on any atom is 0.234 e. The number of amides is 1. The summed E-state index contributed by atoms with van der Waals surface area (Å²) >= 11 is 19.8. The minimum atomic E-state index is -0.264. The van der Waals surface area contributed by atoms with E-state index in [0.29, 0.717) is 48.2 Å². The average molecular weight is 525 g/mol. The molecule has 0 unspecified atom stereocenters. The predicted molar refractivity (Wildman–Crippen MR) is 141 cm³/mol. The highest BCUT2D eigenvalue weighted by molar-refractivity contribution is 8.00. The molecule has 1 heterocycles. The lowest BCUT2D eigenvalue weighted by atomic mass is 9.99. The maximum absolute atomic E-state index is 12.6. The SMILES string of the molecule is N#Cc1c(-c2ccccc2Cl)cc(-c2ccc(Cl)cc2)nc1SCC(=O)Nc1ccccc1Cl. The molecule has 0 aliphatic heterocycles. The third-order valence-corrected chi connectivity index (χ3v) is 6.78. The van der Waals surface area contributed by atoms with Gasteiger partial charge in [-0.3, -0.25) is 4.79 Å². The van der Waals surface area contributed by atoms with Gasteiger partial charge in [0.15, 0.2) is 0 Å². The normalized spacial score (nSPS) is 10.5. The lowest BCUT2D eigenvalue weighted by Crippen LogP contribution is -2.14. The number of rotatable bonds is 6. The molecule has 0 radical (unpaired) electrons. The topological polar surface area (TPSA) is 65.8 Å². The Hall–Kier alpha value is -3.01. The molecular weight excluding hydrogens is 509 g/mol. The van der Waals surface area contributed by atoms with Gasteiger partial charge in [-0.2, -0.15) is 5.26 Å². The Morgan fingerprint density at radius 3 is 2.26 bits per heavy atom. The Bertz CT molecular complexity index is 1400. The molecule has 0 aliphatic carbocycles. The van der Waals surface area contributed by atoms with E-state index < -0.39 is 0 Å². The zero-order valence-electron chi connectivity index (χ0n) is 17.6. The van der Waals surface area contributed by atoms with E-state index in [-0.39, 0.29) is 11.7 Å². The summed E-state index contributed by atoms with van der Waals surface area (Å²) in [7, 11) is 0. The summed E-state index contributed by atoms with van der Waals surface area (Å²) in [6.45, 7) is 0. The second-order valence-corrected chi connectivity index (χ2v) is 9.37. The number of carbonyl (C=O) groups excluding carboxylic acids is 1. The number of nitrogens with one attached hydrogen (secondary N) is 1. The first-order valence-electron chi connectivity index (χ1n) is 10.1. The van der Waals surface area contributed by atoms with Gasteiger partial charge in [-0.25, -0.2) is 4.98 Å². The van der Waals surface area contributed by atoms with Crippen LogP contribution in [0.2, 0.25) is 15.1 Å². The number of para-hydroxylation sites is 1. The van der Waals surface area contributed by atoms with Crippen molar-refractivity contribution in [3.05, 3.63) is 99.5 Å². The van der Waals surface area contributed by atoms with Crippen molar-refractivity contribution in [2.75, 3.05) is 11.1 Å². The van der Waals surface area contributed by atoms with Gasteiger partial charge in [-0.05, 0) is 36.4 Å². The molecule has 0 fully saturated rings. The first-order chi connectivity index (χ1) is 16.5. The Morgan fingerprint density at radius 2 is 1.59 bits per heavy atom. The van der Waals surface area contributed by atoms with Crippen LogP contribution in [-0.4, -0.2) is 16.6 Å². The van der Waals surface area contributed by atoms with Gasteiger partial charge < -0.3 is 5.32 Å². The predicted octanol–water partition coefficient (Wildman–Crippen LogP) is 7.98. The molecule has 4 aromatic rings. The Labute approximate surface area is 216 Å². The Kier molecular flexibility index (Phi) is 7.77. The van der Waals surface area contributed by atoms with Gasteiger partial charge >= 0.3 is 0 Å². The number of hydrogen-bond donors (Lipinski definition) is 1. The van der Waals surface area contributed by atoms with E-state index in [0.717, 1.165) is 5.56 Å². The fraction of sp³-hybridized carbons (Fsp3) is 0.0385. The number of hydrogen-bond acceptors (Lipinski definition) is 4. The molecule has 0 bridgehead atoms. The number of halogens is 3. The van der Waals surface area contributed by atoms with Crippen molar-refractivity contribution in [3.63, 3.8) is 0 Å². The second kappa shape index (κ2) is 10.9. The molecule has 1 aromatic heterocycles. The van der Waals surface area contributed by atoms with Crippen LogP contribution in [0, 0.1) is 11.3 Å². The highest BCUT2D eigenvalue weighted by atomic mass is 35.5. The van der Waals surface area contributed by atoms with E-state index >= 15 is 0 Å². The molecule has 4 nitrogen and oxygen atoms in total. The lowest BCUT2D eigenvalue weighted by Gasteiger charge is -2.14. The van der Waals surface area contributed by atoms with Gasteiger partial charge in [0.25, 0.3) is 0 Å². The molecule has 8 heteroatoms. The molecule has 168 valence electrons. The zero-order chi connectivity index (χ0) is 24.1. The van der Waals surface area contributed by atoms with Crippen molar-refractivity contribution in [2.24, 2.45) is 0 Å². The van der Waals surface area contributed by atoms with E-state index in [9.17, 15) is 10.1 Å². The molecule has 1 amide bonds. The summed E-state index contributed by atoms with van der Waals surface area (Å²) < 4.78 is 0. The van der Waals surface area contributed by atoms with Crippen molar-refractivity contribution in [1.82, 2.24) is 4.98 Å². The van der Waals surface area contributed by atoms with Gasteiger partial charge in [0.1, 0.15) is 11.1 Å². The summed E-state index contributed by atoms with van der Waals surface area (Å²) in [6.07, 6.45) is 0. The van der Waals surface area contributed by atoms with Gasteiger partial charge in [0, 0.05) is 26.7 Å². The number of nitriles is 1. The van der Waals surface area contributed by atoms with Gasteiger partial charge in [0.05, 0.1) is 27.7 Å². The summed E-state index contributed by atoms with van der Waals surface area (Å²) in [5.74, 6) is -0.223. The fourth-order valence-electron chi connectivity index (χ4n) is 3.28. The van der Waals surface area contributed by atoms with Crippen LogP contribution in [0.5, 0.6) is 0 Å². The number of pyridine rings is 1. The molecule has 0 saturated heterocycles. The average Bonchev–Trinajstić information content (AvgIpc) is 2.84. The van der Waals surface area contributed by atoms with Crippen LogP contribution in [0.4, 0.5) is 5.69 Å². The third kappa shape index (κ3) is 5.55. The van der Waals surface area contributed by atoms with Gasteiger partial charge in [-0.15, -0.1) is 0 Å². The molecule has 0 saturated carbocycles. The lowest BCUT2D eigenvalue weighted by molar-refractivity contribution is -0.113. The fourth-order valence-corrected chi connectivity index (χ4v) is 4.63. The molecule has 34 heavy (non-hydrogen) atoms. The number of thioether (sulfide) groups is 1. The largest absolute Gasteiger partial charge is 0.324 e. The third-order valence-electron chi connectivity index (χ3n) is 4.89. The number of carbonyl (C=O) groups is 1. The zero-order valence-corrected chi connectivity index (χ0v) is 20.6. The minimum Gasteiger partial charge on any atom is -0.324 e. The van der Waals surface area contributed by atoms with Crippen molar-refractivity contribution in [1.29, 1.82) is 5.26 Å². The molecule has 4 rings (SSSR count). The molecule has 1 N–H and O–H groups in total. The molecule has 3 aromatic carbocycles. The quantitative estimate of drug-likeness (QED) is 0.260. The van der Waals surface area contributed by atoms with E-state index in [4.69, 9.17) is 39.8 Å². The Balaban J connectivity index is 1.72. The monoisotopic (exact) mass is 523 g/mol. The second-order valence-electron chi connectivity index (χ2n) is 7.15. The van der Waals surface area contributed by atoms with Crippen molar-refractivity contribution < 1.29 is 4.79 Å². The summed E-state index contributed by atoms with van der Waals surface area (Å²) in [4.78, 5) is 17.3. The first kappa shape index (κ1) is 24.1. The minimum absolute atomic E-state index is 0.0406. The number of benzene rings is 3.